The Morgan fingerprint density at radius 2 is 1.88 bits per heavy atom. The van der Waals surface area contributed by atoms with Crippen molar-refractivity contribution in [2.24, 2.45) is 7.05 Å². The van der Waals surface area contributed by atoms with E-state index in [9.17, 15) is 9.59 Å². The molecule has 1 aromatic carbocycles. The van der Waals surface area contributed by atoms with Gasteiger partial charge in [-0.05, 0) is 24.1 Å². The molecule has 1 N–H and O–H groups in total. The summed E-state index contributed by atoms with van der Waals surface area (Å²) in [6, 6.07) is 7.17. The van der Waals surface area contributed by atoms with Crippen molar-refractivity contribution in [3.05, 3.63) is 55.7 Å². The monoisotopic (exact) mass is 358 g/mol. The fourth-order valence-electron chi connectivity index (χ4n) is 2.75. The number of benzene rings is 1. The predicted octanol–water partition coefficient (Wildman–Crippen LogP) is -0.225. The largest absolute Gasteiger partial charge is 0.396 e. The van der Waals surface area contributed by atoms with Crippen LogP contribution in [0.5, 0.6) is 0 Å². The van der Waals surface area contributed by atoms with Crippen LogP contribution in [0, 0.1) is 0 Å². The molecule has 0 saturated carbocycles. The Bertz CT molecular complexity index is 1040. The second kappa shape index (κ2) is 6.89. The van der Waals surface area contributed by atoms with Gasteiger partial charge in [0.1, 0.15) is 0 Å². The maximum atomic E-state index is 12.8. The number of aliphatic hydroxyl groups is 1. The van der Waals surface area contributed by atoms with Crippen molar-refractivity contribution < 1.29 is 5.11 Å². The molecular weight excluding hydrogens is 342 g/mol. The van der Waals surface area contributed by atoms with E-state index < -0.39 is 11.2 Å². The molecule has 0 spiro atoms. The average molecular weight is 359 g/mol. The van der Waals surface area contributed by atoms with Crippen LogP contribution in [0.25, 0.3) is 11.2 Å². The van der Waals surface area contributed by atoms with Crippen LogP contribution in [-0.4, -0.2) is 38.2 Å². The van der Waals surface area contributed by atoms with Crippen LogP contribution in [0.1, 0.15) is 12.0 Å². The minimum absolute atomic E-state index is 0.111. The fourth-order valence-corrected chi connectivity index (χ4v) is 2.87. The van der Waals surface area contributed by atoms with Gasteiger partial charge in [0.2, 0.25) is 0 Å². The van der Waals surface area contributed by atoms with Crippen molar-refractivity contribution in [3.63, 3.8) is 0 Å². The molecule has 2 aromatic heterocycles. The number of fused-ring (bicyclic) bond motifs is 1. The molecule has 7 nitrogen and oxygen atoms in total. The van der Waals surface area contributed by atoms with Gasteiger partial charge in [-0.2, -0.15) is 0 Å². The van der Waals surface area contributed by atoms with E-state index in [2.05, 4.69) is 4.98 Å². The lowest BCUT2D eigenvalue weighted by Gasteiger charge is -2.10. The molecule has 3 rings (SSSR count). The summed E-state index contributed by atoms with van der Waals surface area (Å²) in [7, 11) is 7.53. The summed E-state index contributed by atoms with van der Waals surface area (Å²) in [4.78, 5) is 29.4. The highest BCUT2D eigenvalue weighted by Crippen LogP contribution is 2.12. The van der Waals surface area contributed by atoms with Gasteiger partial charge in [-0.15, -0.1) is 0 Å². The van der Waals surface area contributed by atoms with Crippen LogP contribution in [0.15, 0.2) is 33.9 Å². The zero-order valence-corrected chi connectivity index (χ0v) is 14.4. The standard InChI is InChI=1S/C16H16BClN4O3/c1-20-13-12(14(24)21(16(20)25)7-2-8-23)22(15(17)19-13)9-10-3-5-11(18)6-4-10/h3-6,23H,2,7-9H2,1H3. The normalized spacial score (nSPS) is 11.3. The highest BCUT2D eigenvalue weighted by Gasteiger charge is 2.18. The van der Waals surface area contributed by atoms with Gasteiger partial charge in [0.05, 0.1) is 5.72 Å². The van der Waals surface area contributed by atoms with Crippen LogP contribution in [0.2, 0.25) is 5.02 Å². The molecule has 0 saturated heterocycles. The zero-order chi connectivity index (χ0) is 18.1. The summed E-state index contributed by atoms with van der Waals surface area (Å²) >= 11 is 5.90. The van der Waals surface area contributed by atoms with Crippen molar-refractivity contribution in [1.82, 2.24) is 18.7 Å². The minimum atomic E-state index is -0.484. The molecule has 0 amide bonds. The first-order chi connectivity index (χ1) is 11.9. The summed E-state index contributed by atoms with van der Waals surface area (Å²) in [5, 5.41) is 9.61. The smallest absolute Gasteiger partial charge is 0.332 e. The maximum Gasteiger partial charge on any atom is 0.332 e. The van der Waals surface area contributed by atoms with E-state index in [1.807, 2.05) is 12.1 Å². The summed E-state index contributed by atoms with van der Waals surface area (Å²) in [6.07, 6.45) is 0.307. The summed E-state index contributed by atoms with van der Waals surface area (Å²) in [5.41, 5.74) is 0.587. The number of aryl methyl sites for hydroxylation is 1. The second-order valence-electron chi connectivity index (χ2n) is 5.73. The molecule has 3 aromatic rings. The van der Waals surface area contributed by atoms with E-state index in [1.54, 1.807) is 23.7 Å². The molecule has 128 valence electrons. The van der Waals surface area contributed by atoms with Gasteiger partial charge in [0, 0.05) is 31.8 Å². The van der Waals surface area contributed by atoms with Gasteiger partial charge in [0.15, 0.2) is 19.0 Å². The Kier molecular flexibility index (Phi) is 4.83. The molecular formula is C16H16BClN4O3. The third-order valence-electron chi connectivity index (χ3n) is 4.06. The minimum Gasteiger partial charge on any atom is -0.396 e. The third kappa shape index (κ3) is 3.15. The number of hydrogen-bond donors (Lipinski definition) is 1. The van der Waals surface area contributed by atoms with Crippen molar-refractivity contribution in [1.29, 1.82) is 0 Å². The van der Waals surface area contributed by atoms with Crippen molar-refractivity contribution >= 4 is 36.3 Å². The summed E-state index contributed by atoms with van der Waals surface area (Å²) in [5.74, 6) is 0. The van der Waals surface area contributed by atoms with Crippen molar-refractivity contribution in [2.45, 2.75) is 19.5 Å². The number of halogens is 1. The zero-order valence-electron chi connectivity index (χ0n) is 13.6. The van der Waals surface area contributed by atoms with Crippen LogP contribution < -0.4 is 17.0 Å². The molecule has 0 unspecified atom stereocenters. The SMILES string of the molecule is [B]c1nc2c(c(=O)n(CCCO)c(=O)n2C)n1Cc1ccc(Cl)cc1. The molecule has 0 aliphatic rings. The molecule has 2 heterocycles. The Hall–Kier alpha value is -2.32. The van der Waals surface area contributed by atoms with Crippen LogP contribution in [0.3, 0.4) is 0 Å². The van der Waals surface area contributed by atoms with Gasteiger partial charge in [0.25, 0.3) is 5.56 Å². The Morgan fingerprint density at radius 3 is 2.52 bits per heavy atom. The van der Waals surface area contributed by atoms with E-state index >= 15 is 0 Å². The number of aromatic nitrogens is 4. The number of rotatable bonds is 5. The Labute approximate surface area is 149 Å². The molecule has 0 atom stereocenters. The first-order valence-corrected chi connectivity index (χ1v) is 8.12. The molecule has 0 aliphatic heterocycles. The first-order valence-electron chi connectivity index (χ1n) is 7.75. The lowest BCUT2D eigenvalue weighted by Crippen LogP contribution is -2.40. The fraction of sp³-hybridized carbons (Fsp3) is 0.312. The summed E-state index contributed by atoms with van der Waals surface area (Å²) in [6.45, 7) is 0.344. The number of aliphatic hydroxyl groups excluding tert-OH is 1. The van der Waals surface area contributed by atoms with Crippen LogP contribution >= 0.6 is 11.6 Å². The van der Waals surface area contributed by atoms with E-state index in [1.165, 1.54) is 4.57 Å². The number of imidazole rings is 1. The number of nitrogens with zero attached hydrogens (tertiary/aromatic N) is 4. The van der Waals surface area contributed by atoms with Gasteiger partial charge in [-0.1, -0.05) is 23.7 Å². The van der Waals surface area contributed by atoms with Crippen molar-refractivity contribution in [3.8, 4) is 0 Å². The van der Waals surface area contributed by atoms with Gasteiger partial charge < -0.3 is 9.67 Å². The van der Waals surface area contributed by atoms with Crippen LogP contribution in [-0.2, 0) is 20.1 Å². The van der Waals surface area contributed by atoms with E-state index in [4.69, 9.17) is 24.6 Å². The van der Waals surface area contributed by atoms with Gasteiger partial charge >= 0.3 is 5.69 Å². The molecule has 0 aliphatic carbocycles. The summed E-state index contributed by atoms with van der Waals surface area (Å²) < 4.78 is 3.97. The maximum absolute atomic E-state index is 12.8. The average Bonchev–Trinajstić information content (AvgIpc) is 2.92. The Balaban J connectivity index is 2.20. The van der Waals surface area contributed by atoms with Crippen molar-refractivity contribution in [2.75, 3.05) is 6.61 Å². The second-order valence-corrected chi connectivity index (χ2v) is 6.17. The lowest BCUT2D eigenvalue weighted by atomic mass is 10.1. The predicted molar refractivity (Wildman–Crippen MR) is 96.9 cm³/mol. The molecule has 0 fully saturated rings. The van der Waals surface area contributed by atoms with E-state index in [0.29, 0.717) is 18.0 Å². The first kappa shape index (κ1) is 17.5. The van der Waals surface area contributed by atoms with Crippen LogP contribution in [0.4, 0.5) is 0 Å². The molecule has 9 heteroatoms. The molecule has 0 bridgehead atoms. The van der Waals surface area contributed by atoms with Gasteiger partial charge in [-0.25, -0.2) is 9.78 Å². The third-order valence-corrected chi connectivity index (χ3v) is 4.31. The molecule has 25 heavy (non-hydrogen) atoms. The lowest BCUT2D eigenvalue weighted by molar-refractivity contribution is 0.277. The van der Waals surface area contributed by atoms with Gasteiger partial charge in [-0.3, -0.25) is 13.9 Å². The van der Waals surface area contributed by atoms with E-state index in [0.717, 1.165) is 10.1 Å². The Morgan fingerprint density at radius 1 is 1.20 bits per heavy atom. The molecule has 2 radical (unpaired) electrons. The quantitative estimate of drug-likeness (QED) is 0.639. The highest BCUT2D eigenvalue weighted by molar-refractivity contribution is 6.30. The topological polar surface area (TPSA) is 82.1 Å². The highest BCUT2D eigenvalue weighted by atomic mass is 35.5. The van der Waals surface area contributed by atoms with E-state index in [-0.39, 0.29) is 30.0 Å². The number of hydrogen-bond acceptors (Lipinski definition) is 4.